The summed E-state index contributed by atoms with van der Waals surface area (Å²) in [6.07, 6.45) is 9.22. The number of hydrogen-bond donors (Lipinski definition) is 1. The molecule has 4 heteroatoms. The average Bonchev–Trinajstić information content (AvgIpc) is 2.99. The SMILES string of the molecule is CCCCCCC1CN=C(N)N1CC1CCCO1. The van der Waals surface area contributed by atoms with Gasteiger partial charge in [-0.15, -0.1) is 0 Å². The van der Waals surface area contributed by atoms with Crippen LogP contribution >= 0.6 is 0 Å². The van der Waals surface area contributed by atoms with Crippen LogP contribution in [0.5, 0.6) is 0 Å². The van der Waals surface area contributed by atoms with E-state index in [9.17, 15) is 0 Å². The Morgan fingerprint density at radius 3 is 3.00 bits per heavy atom. The third-order valence-corrected chi connectivity index (χ3v) is 4.01. The van der Waals surface area contributed by atoms with Crippen LogP contribution in [0.25, 0.3) is 0 Å². The number of aliphatic imine (C=N–C) groups is 1. The Hall–Kier alpha value is -0.770. The highest BCUT2D eigenvalue weighted by molar-refractivity contribution is 5.80. The third-order valence-electron chi connectivity index (χ3n) is 4.01. The molecule has 0 bridgehead atoms. The maximum absolute atomic E-state index is 6.00. The number of nitrogens with two attached hydrogens (primary N) is 1. The van der Waals surface area contributed by atoms with Crippen molar-refractivity contribution in [2.75, 3.05) is 19.7 Å². The van der Waals surface area contributed by atoms with Gasteiger partial charge in [0.15, 0.2) is 5.96 Å². The molecular weight excluding hydrogens is 226 g/mol. The van der Waals surface area contributed by atoms with Gasteiger partial charge in [0.25, 0.3) is 0 Å². The Kier molecular flexibility index (Phi) is 5.29. The molecule has 1 saturated heterocycles. The van der Waals surface area contributed by atoms with Crippen molar-refractivity contribution in [3.63, 3.8) is 0 Å². The first-order valence-electron chi connectivity index (χ1n) is 7.49. The van der Waals surface area contributed by atoms with Gasteiger partial charge in [0.2, 0.25) is 0 Å². The predicted octanol–water partition coefficient (Wildman–Crippen LogP) is 2.13. The average molecular weight is 253 g/mol. The Balaban J connectivity index is 1.75. The van der Waals surface area contributed by atoms with Gasteiger partial charge in [-0.2, -0.15) is 0 Å². The highest BCUT2D eigenvalue weighted by Gasteiger charge is 2.29. The summed E-state index contributed by atoms with van der Waals surface area (Å²) >= 11 is 0. The summed E-state index contributed by atoms with van der Waals surface area (Å²) in [5, 5.41) is 0. The van der Waals surface area contributed by atoms with Gasteiger partial charge >= 0.3 is 0 Å². The molecule has 0 aromatic heterocycles. The lowest BCUT2D eigenvalue weighted by atomic mass is 10.1. The molecule has 0 radical (unpaired) electrons. The van der Waals surface area contributed by atoms with Crippen molar-refractivity contribution in [1.29, 1.82) is 0 Å². The van der Waals surface area contributed by atoms with Crippen LogP contribution in [-0.4, -0.2) is 42.7 Å². The van der Waals surface area contributed by atoms with Crippen LogP contribution in [0.1, 0.15) is 51.9 Å². The zero-order valence-electron chi connectivity index (χ0n) is 11.6. The van der Waals surface area contributed by atoms with Gasteiger partial charge in [-0.05, 0) is 19.3 Å². The fraction of sp³-hybridized carbons (Fsp3) is 0.929. The van der Waals surface area contributed by atoms with Crippen LogP contribution < -0.4 is 5.73 Å². The minimum Gasteiger partial charge on any atom is -0.376 e. The molecule has 2 N–H and O–H groups in total. The molecule has 2 rings (SSSR count). The van der Waals surface area contributed by atoms with E-state index in [0.717, 1.165) is 25.7 Å². The number of guanidine groups is 1. The number of unbranched alkanes of at least 4 members (excludes halogenated alkanes) is 3. The number of rotatable bonds is 7. The van der Waals surface area contributed by atoms with Gasteiger partial charge in [0.1, 0.15) is 0 Å². The maximum Gasteiger partial charge on any atom is 0.191 e. The molecule has 2 aliphatic heterocycles. The molecular formula is C14H27N3O. The lowest BCUT2D eigenvalue weighted by Gasteiger charge is -2.28. The van der Waals surface area contributed by atoms with Crippen molar-refractivity contribution in [2.45, 2.75) is 64.0 Å². The van der Waals surface area contributed by atoms with Crippen LogP contribution in [0.3, 0.4) is 0 Å². The Labute approximate surface area is 111 Å². The van der Waals surface area contributed by atoms with Crippen molar-refractivity contribution in [3.8, 4) is 0 Å². The lowest BCUT2D eigenvalue weighted by Crippen LogP contribution is -2.44. The summed E-state index contributed by atoms with van der Waals surface area (Å²) in [5.41, 5.74) is 6.00. The predicted molar refractivity (Wildman–Crippen MR) is 74.7 cm³/mol. The van der Waals surface area contributed by atoms with Crippen LogP contribution in [0.2, 0.25) is 0 Å². The molecule has 2 heterocycles. The molecule has 0 aromatic carbocycles. The van der Waals surface area contributed by atoms with E-state index >= 15 is 0 Å². The summed E-state index contributed by atoms with van der Waals surface area (Å²) in [6.45, 7) is 4.98. The second-order valence-corrected chi connectivity index (χ2v) is 5.49. The van der Waals surface area contributed by atoms with E-state index in [-0.39, 0.29) is 0 Å². The normalized spacial score (nSPS) is 27.8. The van der Waals surface area contributed by atoms with E-state index in [1.54, 1.807) is 0 Å². The maximum atomic E-state index is 6.00. The standard InChI is InChI=1S/C14H27N3O/c1-2-3-4-5-7-12-10-16-14(15)17(12)11-13-8-6-9-18-13/h12-13H,2-11H2,1H3,(H2,15,16). The molecule has 104 valence electrons. The summed E-state index contributed by atoms with van der Waals surface area (Å²) in [7, 11) is 0. The van der Waals surface area contributed by atoms with E-state index in [1.807, 2.05) is 0 Å². The van der Waals surface area contributed by atoms with Crippen molar-refractivity contribution >= 4 is 5.96 Å². The second-order valence-electron chi connectivity index (χ2n) is 5.49. The lowest BCUT2D eigenvalue weighted by molar-refractivity contribution is 0.0841. The minimum absolute atomic E-state index is 0.370. The monoisotopic (exact) mass is 253 g/mol. The van der Waals surface area contributed by atoms with Gasteiger partial charge in [-0.1, -0.05) is 32.6 Å². The fourth-order valence-electron chi connectivity index (χ4n) is 2.88. The molecule has 2 unspecified atom stereocenters. The number of ether oxygens (including phenoxy) is 1. The number of nitrogens with zero attached hydrogens (tertiary/aromatic N) is 2. The summed E-state index contributed by atoms with van der Waals surface area (Å²) in [4.78, 5) is 6.68. The van der Waals surface area contributed by atoms with Crippen molar-refractivity contribution in [2.24, 2.45) is 10.7 Å². The van der Waals surface area contributed by atoms with E-state index in [0.29, 0.717) is 12.1 Å². The topological polar surface area (TPSA) is 50.8 Å². The summed E-state index contributed by atoms with van der Waals surface area (Å²) < 4.78 is 5.70. The molecule has 0 spiro atoms. The van der Waals surface area contributed by atoms with Crippen molar-refractivity contribution < 1.29 is 4.74 Å². The molecule has 4 nitrogen and oxygen atoms in total. The molecule has 1 fully saturated rings. The molecule has 2 atom stereocenters. The van der Waals surface area contributed by atoms with Crippen LogP contribution in [-0.2, 0) is 4.74 Å². The first-order valence-corrected chi connectivity index (χ1v) is 7.49. The van der Waals surface area contributed by atoms with E-state index < -0.39 is 0 Å². The van der Waals surface area contributed by atoms with Gasteiger partial charge in [0.05, 0.1) is 18.7 Å². The van der Waals surface area contributed by atoms with E-state index in [2.05, 4.69) is 16.8 Å². The molecule has 18 heavy (non-hydrogen) atoms. The Morgan fingerprint density at radius 1 is 1.39 bits per heavy atom. The highest BCUT2D eigenvalue weighted by atomic mass is 16.5. The first kappa shape index (κ1) is 13.7. The quantitative estimate of drug-likeness (QED) is 0.707. The number of hydrogen-bond acceptors (Lipinski definition) is 4. The summed E-state index contributed by atoms with van der Waals surface area (Å²) in [6, 6.07) is 0.519. The highest BCUT2D eigenvalue weighted by Crippen LogP contribution is 2.20. The zero-order valence-corrected chi connectivity index (χ0v) is 11.6. The largest absolute Gasteiger partial charge is 0.376 e. The summed E-state index contributed by atoms with van der Waals surface area (Å²) in [5.74, 6) is 0.728. The smallest absolute Gasteiger partial charge is 0.191 e. The van der Waals surface area contributed by atoms with Crippen molar-refractivity contribution in [1.82, 2.24) is 4.90 Å². The first-order chi connectivity index (χ1) is 8.81. The Bertz CT molecular complexity index is 274. The Morgan fingerprint density at radius 2 is 2.28 bits per heavy atom. The van der Waals surface area contributed by atoms with Crippen LogP contribution in [0, 0.1) is 0 Å². The van der Waals surface area contributed by atoms with Crippen LogP contribution in [0.4, 0.5) is 0 Å². The molecule has 0 amide bonds. The van der Waals surface area contributed by atoms with Gasteiger partial charge in [-0.3, -0.25) is 4.99 Å². The van der Waals surface area contributed by atoms with Crippen LogP contribution in [0.15, 0.2) is 4.99 Å². The molecule has 0 aromatic rings. The second kappa shape index (κ2) is 6.98. The minimum atomic E-state index is 0.370. The van der Waals surface area contributed by atoms with Crippen molar-refractivity contribution in [3.05, 3.63) is 0 Å². The zero-order chi connectivity index (χ0) is 12.8. The van der Waals surface area contributed by atoms with Gasteiger partial charge < -0.3 is 15.4 Å². The fourth-order valence-corrected chi connectivity index (χ4v) is 2.88. The molecule has 0 aliphatic carbocycles. The molecule has 2 aliphatic rings. The van der Waals surface area contributed by atoms with E-state index in [4.69, 9.17) is 10.5 Å². The molecule has 0 saturated carbocycles. The van der Waals surface area contributed by atoms with Gasteiger partial charge in [-0.25, -0.2) is 0 Å². The van der Waals surface area contributed by atoms with E-state index in [1.165, 1.54) is 44.9 Å². The van der Waals surface area contributed by atoms with Gasteiger partial charge in [0, 0.05) is 13.2 Å². The third kappa shape index (κ3) is 3.61.